The first-order chi connectivity index (χ1) is 13.5. The standard InChI is InChI=1S/C21H23FN2O4/c1-15(25)24(10-8-17-4-2-3-5-18(17)22)11-9-21(26)23-13-16-6-7-19-20(12-16)28-14-27-19/h2-7,12H,8-11,13-14H2,1H3,(H,23,26). The van der Waals surface area contributed by atoms with Crippen LogP contribution in [-0.4, -0.2) is 36.6 Å². The summed E-state index contributed by atoms with van der Waals surface area (Å²) in [4.78, 5) is 25.5. The maximum absolute atomic E-state index is 13.7. The molecule has 2 aromatic rings. The van der Waals surface area contributed by atoms with E-state index >= 15 is 0 Å². The Hall–Kier alpha value is -3.09. The van der Waals surface area contributed by atoms with E-state index in [2.05, 4.69) is 5.32 Å². The van der Waals surface area contributed by atoms with Gasteiger partial charge in [0.1, 0.15) is 5.82 Å². The largest absolute Gasteiger partial charge is 0.454 e. The summed E-state index contributed by atoms with van der Waals surface area (Å²) in [5.41, 5.74) is 1.46. The van der Waals surface area contributed by atoms with Gasteiger partial charge in [-0.2, -0.15) is 0 Å². The van der Waals surface area contributed by atoms with Crippen LogP contribution < -0.4 is 14.8 Å². The lowest BCUT2D eigenvalue weighted by Gasteiger charge is -2.21. The van der Waals surface area contributed by atoms with Crippen molar-refractivity contribution in [2.24, 2.45) is 0 Å². The van der Waals surface area contributed by atoms with E-state index in [-0.39, 0.29) is 37.4 Å². The molecule has 0 aromatic heterocycles. The van der Waals surface area contributed by atoms with Gasteiger partial charge in [-0.1, -0.05) is 24.3 Å². The summed E-state index contributed by atoms with van der Waals surface area (Å²) < 4.78 is 24.3. The molecule has 0 spiro atoms. The second kappa shape index (κ2) is 9.21. The molecule has 148 valence electrons. The van der Waals surface area contributed by atoms with Gasteiger partial charge in [0.15, 0.2) is 11.5 Å². The summed E-state index contributed by atoms with van der Waals surface area (Å²) in [6.07, 6.45) is 0.590. The normalized spacial score (nSPS) is 11.9. The van der Waals surface area contributed by atoms with Crippen LogP contribution in [-0.2, 0) is 22.6 Å². The van der Waals surface area contributed by atoms with E-state index < -0.39 is 0 Å². The molecule has 3 rings (SSSR count). The number of halogens is 1. The number of carbonyl (C=O) groups excluding carboxylic acids is 2. The van der Waals surface area contributed by atoms with E-state index in [1.807, 2.05) is 18.2 Å². The zero-order valence-electron chi connectivity index (χ0n) is 15.7. The van der Waals surface area contributed by atoms with Gasteiger partial charge in [-0.25, -0.2) is 4.39 Å². The SMILES string of the molecule is CC(=O)N(CCC(=O)NCc1ccc2c(c1)OCO2)CCc1ccccc1F. The van der Waals surface area contributed by atoms with Crippen molar-refractivity contribution in [1.82, 2.24) is 10.2 Å². The van der Waals surface area contributed by atoms with E-state index in [1.54, 1.807) is 23.1 Å². The minimum Gasteiger partial charge on any atom is -0.454 e. The molecule has 0 atom stereocenters. The van der Waals surface area contributed by atoms with Crippen LogP contribution >= 0.6 is 0 Å². The molecular weight excluding hydrogens is 363 g/mol. The molecule has 1 N–H and O–H groups in total. The number of hydrogen-bond donors (Lipinski definition) is 1. The number of benzene rings is 2. The molecule has 0 saturated heterocycles. The predicted molar refractivity (Wildman–Crippen MR) is 101 cm³/mol. The highest BCUT2D eigenvalue weighted by molar-refractivity contribution is 5.78. The van der Waals surface area contributed by atoms with Crippen LogP contribution in [0, 0.1) is 5.82 Å². The molecule has 1 heterocycles. The van der Waals surface area contributed by atoms with Crippen LogP contribution in [0.15, 0.2) is 42.5 Å². The number of nitrogens with zero attached hydrogens (tertiary/aromatic N) is 1. The van der Waals surface area contributed by atoms with Gasteiger partial charge in [-0.05, 0) is 35.7 Å². The maximum atomic E-state index is 13.7. The fourth-order valence-corrected chi connectivity index (χ4v) is 2.96. The number of ether oxygens (including phenoxy) is 2. The second-order valence-electron chi connectivity index (χ2n) is 6.56. The van der Waals surface area contributed by atoms with Gasteiger partial charge >= 0.3 is 0 Å². The lowest BCUT2D eigenvalue weighted by molar-refractivity contribution is -0.129. The van der Waals surface area contributed by atoms with Crippen molar-refractivity contribution in [3.05, 3.63) is 59.4 Å². The van der Waals surface area contributed by atoms with E-state index in [0.29, 0.717) is 36.6 Å². The molecule has 0 fully saturated rings. The van der Waals surface area contributed by atoms with Gasteiger partial charge in [0.25, 0.3) is 0 Å². The quantitative estimate of drug-likeness (QED) is 0.757. The summed E-state index contributed by atoms with van der Waals surface area (Å²) in [7, 11) is 0. The highest BCUT2D eigenvalue weighted by atomic mass is 19.1. The first-order valence-corrected chi connectivity index (χ1v) is 9.17. The summed E-state index contributed by atoms with van der Waals surface area (Å²) in [6, 6.07) is 12.0. The Kier molecular flexibility index (Phi) is 6.47. The van der Waals surface area contributed by atoms with E-state index in [1.165, 1.54) is 13.0 Å². The van der Waals surface area contributed by atoms with E-state index in [4.69, 9.17) is 9.47 Å². The highest BCUT2D eigenvalue weighted by Gasteiger charge is 2.15. The second-order valence-corrected chi connectivity index (χ2v) is 6.56. The fourth-order valence-electron chi connectivity index (χ4n) is 2.96. The van der Waals surface area contributed by atoms with Crippen molar-refractivity contribution in [2.75, 3.05) is 19.9 Å². The average molecular weight is 386 g/mol. The van der Waals surface area contributed by atoms with Crippen LogP contribution in [0.1, 0.15) is 24.5 Å². The molecule has 2 aromatic carbocycles. The van der Waals surface area contributed by atoms with Gasteiger partial charge in [0.2, 0.25) is 18.6 Å². The van der Waals surface area contributed by atoms with Crippen LogP contribution in [0.25, 0.3) is 0 Å². The Morgan fingerprint density at radius 1 is 1.11 bits per heavy atom. The molecule has 0 bridgehead atoms. The van der Waals surface area contributed by atoms with Crippen molar-refractivity contribution >= 4 is 11.8 Å². The van der Waals surface area contributed by atoms with E-state index in [9.17, 15) is 14.0 Å². The molecule has 1 aliphatic heterocycles. The summed E-state index contributed by atoms with van der Waals surface area (Å²) in [5, 5.41) is 2.83. The van der Waals surface area contributed by atoms with E-state index in [0.717, 1.165) is 5.56 Å². The number of hydrogen-bond acceptors (Lipinski definition) is 4. The molecular formula is C21H23FN2O4. The molecule has 1 aliphatic rings. The van der Waals surface area contributed by atoms with Crippen molar-refractivity contribution in [1.29, 1.82) is 0 Å². The molecule has 2 amide bonds. The molecule has 6 nitrogen and oxygen atoms in total. The summed E-state index contributed by atoms with van der Waals surface area (Å²) in [5.74, 6) is 0.784. The number of nitrogens with one attached hydrogen (secondary N) is 1. The topological polar surface area (TPSA) is 67.9 Å². The highest BCUT2D eigenvalue weighted by Crippen LogP contribution is 2.32. The van der Waals surface area contributed by atoms with Crippen LogP contribution in [0.2, 0.25) is 0 Å². The summed E-state index contributed by atoms with van der Waals surface area (Å²) in [6.45, 7) is 2.68. The Labute approximate surface area is 163 Å². The first kappa shape index (κ1) is 19.7. The fraction of sp³-hybridized carbons (Fsp3) is 0.333. The number of fused-ring (bicyclic) bond motifs is 1. The van der Waals surface area contributed by atoms with Crippen molar-refractivity contribution in [3.8, 4) is 11.5 Å². The van der Waals surface area contributed by atoms with Gasteiger partial charge in [0.05, 0.1) is 0 Å². The third kappa shape index (κ3) is 5.22. The van der Waals surface area contributed by atoms with Gasteiger partial charge < -0.3 is 19.7 Å². The maximum Gasteiger partial charge on any atom is 0.231 e. The Morgan fingerprint density at radius 3 is 2.68 bits per heavy atom. The number of rotatable bonds is 8. The minimum atomic E-state index is -0.285. The monoisotopic (exact) mass is 386 g/mol. The minimum absolute atomic E-state index is 0.139. The third-order valence-corrected chi connectivity index (χ3v) is 4.59. The van der Waals surface area contributed by atoms with Gasteiger partial charge in [0, 0.05) is 33.0 Å². The number of carbonyl (C=O) groups is 2. The molecule has 28 heavy (non-hydrogen) atoms. The lowest BCUT2D eigenvalue weighted by Crippen LogP contribution is -2.35. The molecule has 7 heteroatoms. The zero-order valence-corrected chi connectivity index (χ0v) is 15.7. The molecule has 0 aliphatic carbocycles. The number of amides is 2. The van der Waals surface area contributed by atoms with Crippen LogP contribution in [0.5, 0.6) is 11.5 Å². The van der Waals surface area contributed by atoms with Crippen LogP contribution in [0.4, 0.5) is 4.39 Å². The molecule has 0 saturated carbocycles. The average Bonchev–Trinajstić information content (AvgIpc) is 3.15. The molecule has 0 unspecified atom stereocenters. The Morgan fingerprint density at radius 2 is 1.89 bits per heavy atom. The van der Waals surface area contributed by atoms with Crippen molar-refractivity contribution < 1.29 is 23.5 Å². The molecule has 0 radical (unpaired) electrons. The van der Waals surface area contributed by atoms with Crippen molar-refractivity contribution in [2.45, 2.75) is 26.3 Å². The smallest absolute Gasteiger partial charge is 0.231 e. The van der Waals surface area contributed by atoms with Gasteiger partial charge in [-0.3, -0.25) is 9.59 Å². The zero-order chi connectivity index (χ0) is 19.9. The van der Waals surface area contributed by atoms with Gasteiger partial charge in [-0.15, -0.1) is 0 Å². The van der Waals surface area contributed by atoms with Crippen molar-refractivity contribution in [3.63, 3.8) is 0 Å². The lowest BCUT2D eigenvalue weighted by atomic mass is 10.1. The first-order valence-electron chi connectivity index (χ1n) is 9.17. The third-order valence-electron chi connectivity index (χ3n) is 4.59. The van der Waals surface area contributed by atoms with Crippen LogP contribution in [0.3, 0.4) is 0 Å². The Bertz CT molecular complexity index is 856. The summed E-state index contributed by atoms with van der Waals surface area (Å²) >= 11 is 0. The Balaban J connectivity index is 1.44. The predicted octanol–water partition coefficient (Wildman–Crippen LogP) is 2.65.